The van der Waals surface area contributed by atoms with Gasteiger partial charge >= 0.3 is 0 Å². The number of nitrogens with zero attached hydrogens (tertiary/aromatic N) is 6. The molecule has 1 fully saturated rings. The Hall–Kier alpha value is -4.30. The molecule has 1 aliphatic carbocycles. The highest BCUT2D eigenvalue weighted by atomic mass is 19.1. The summed E-state index contributed by atoms with van der Waals surface area (Å²) in [5, 5.41) is 24.3. The second-order valence-corrected chi connectivity index (χ2v) is 10.9. The highest BCUT2D eigenvalue weighted by molar-refractivity contribution is 5.98. The van der Waals surface area contributed by atoms with Gasteiger partial charge in [0.1, 0.15) is 18.0 Å². The number of amides is 1. The van der Waals surface area contributed by atoms with Crippen LogP contribution < -0.4 is 10.6 Å². The number of halogens is 1. The van der Waals surface area contributed by atoms with Gasteiger partial charge in [-0.15, -0.1) is 0 Å². The Morgan fingerprint density at radius 1 is 1.30 bits per heavy atom. The normalized spacial score (nSPS) is 20.2. The minimum atomic E-state index is -1.60. The van der Waals surface area contributed by atoms with Crippen LogP contribution in [0.4, 0.5) is 10.1 Å². The number of nitriles is 1. The first-order valence-electron chi connectivity index (χ1n) is 13.2. The third kappa shape index (κ3) is 5.27. The fraction of sp³-hybridized carbons (Fsp3) is 0.414. The molecule has 10 nitrogen and oxygen atoms in total. The number of anilines is 1. The van der Waals surface area contributed by atoms with Crippen molar-refractivity contribution in [3.63, 3.8) is 0 Å². The molecule has 0 saturated heterocycles. The van der Waals surface area contributed by atoms with Crippen molar-refractivity contribution < 1.29 is 18.7 Å². The summed E-state index contributed by atoms with van der Waals surface area (Å²) >= 11 is 0. The molecule has 0 unspecified atom stereocenters. The van der Waals surface area contributed by atoms with E-state index in [-0.39, 0.29) is 30.0 Å². The Bertz CT molecular complexity index is 1570. The van der Waals surface area contributed by atoms with Crippen LogP contribution in [0, 0.1) is 18.3 Å². The van der Waals surface area contributed by atoms with E-state index in [1.165, 1.54) is 26.2 Å². The molecule has 0 bridgehead atoms. The number of oxazole rings is 1. The molecule has 11 heteroatoms. The number of rotatable bonds is 8. The van der Waals surface area contributed by atoms with Gasteiger partial charge in [0, 0.05) is 42.9 Å². The SMILES string of the molecule is Cc1ncc([C@@H]2CC[C@@H](N(C[C@@H](F)C(C)(C)O)c3ccncc3C(N)=O)C[C@H]2c2ccc3cc(C#N)cnn23)o1. The zero-order chi connectivity index (χ0) is 28.6. The molecule has 4 heterocycles. The van der Waals surface area contributed by atoms with Gasteiger partial charge in [0.25, 0.3) is 5.91 Å². The average Bonchev–Trinajstić information content (AvgIpc) is 3.56. The number of aryl methyl sites for hydroxylation is 1. The molecule has 1 saturated carbocycles. The number of alkyl halides is 1. The third-order valence-electron chi connectivity index (χ3n) is 7.80. The van der Waals surface area contributed by atoms with Crippen molar-refractivity contribution in [1.82, 2.24) is 19.6 Å². The van der Waals surface area contributed by atoms with Gasteiger partial charge in [-0.05, 0) is 57.4 Å². The summed E-state index contributed by atoms with van der Waals surface area (Å²) in [7, 11) is 0. The van der Waals surface area contributed by atoms with Gasteiger partial charge in [-0.2, -0.15) is 10.4 Å². The molecular formula is C29H32FN7O3. The fourth-order valence-corrected chi connectivity index (χ4v) is 5.68. The molecule has 0 spiro atoms. The van der Waals surface area contributed by atoms with Gasteiger partial charge in [-0.1, -0.05) is 0 Å². The van der Waals surface area contributed by atoms with Gasteiger partial charge in [0.05, 0.1) is 46.9 Å². The number of hydrogen-bond acceptors (Lipinski definition) is 8. The Kier molecular flexibility index (Phi) is 7.29. The van der Waals surface area contributed by atoms with Crippen molar-refractivity contribution in [2.24, 2.45) is 5.73 Å². The summed E-state index contributed by atoms with van der Waals surface area (Å²) in [5.41, 5.74) is 6.93. The number of carbonyl (C=O) groups excluding carboxylic acids is 1. The minimum Gasteiger partial charge on any atom is -0.446 e. The van der Waals surface area contributed by atoms with E-state index in [1.54, 1.807) is 31.5 Å². The Morgan fingerprint density at radius 3 is 2.77 bits per heavy atom. The fourth-order valence-electron chi connectivity index (χ4n) is 5.68. The van der Waals surface area contributed by atoms with Gasteiger partial charge in [-0.3, -0.25) is 9.78 Å². The first-order valence-corrected chi connectivity index (χ1v) is 13.2. The van der Waals surface area contributed by atoms with Crippen molar-refractivity contribution in [2.75, 3.05) is 11.4 Å². The number of aromatic nitrogens is 4. The molecule has 5 rings (SSSR count). The van der Waals surface area contributed by atoms with Crippen molar-refractivity contribution in [3.8, 4) is 6.07 Å². The summed E-state index contributed by atoms with van der Waals surface area (Å²) < 4.78 is 23.2. The molecule has 0 aromatic carbocycles. The average molecular weight is 546 g/mol. The van der Waals surface area contributed by atoms with E-state index in [1.807, 2.05) is 21.5 Å². The smallest absolute Gasteiger partial charge is 0.252 e. The van der Waals surface area contributed by atoms with Crippen LogP contribution in [-0.4, -0.2) is 55.0 Å². The number of hydrogen-bond donors (Lipinski definition) is 2. The zero-order valence-corrected chi connectivity index (χ0v) is 22.7. The molecule has 4 atom stereocenters. The van der Waals surface area contributed by atoms with Crippen LogP contribution in [0.15, 0.2) is 53.5 Å². The number of carbonyl (C=O) groups is 1. The van der Waals surface area contributed by atoms with Crippen LogP contribution in [-0.2, 0) is 0 Å². The van der Waals surface area contributed by atoms with Crippen LogP contribution in [0.1, 0.15) is 78.2 Å². The first kappa shape index (κ1) is 27.3. The van der Waals surface area contributed by atoms with Gasteiger partial charge < -0.3 is 20.2 Å². The Balaban J connectivity index is 1.59. The second-order valence-electron chi connectivity index (χ2n) is 10.9. The first-order chi connectivity index (χ1) is 19.1. The second kappa shape index (κ2) is 10.7. The predicted molar refractivity (Wildman–Crippen MR) is 146 cm³/mol. The predicted octanol–water partition coefficient (Wildman–Crippen LogP) is 4.03. The third-order valence-corrected chi connectivity index (χ3v) is 7.80. The molecule has 208 valence electrons. The maximum absolute atomic E-state index is 15.4. The molecule has 1 amide bonds. The maximum atomic E-state index is 15.4. The molecular weight excluding hydrogens is 513 g/mol. The number of aliphatic hydroxyl groups is 1. The zero-order valence-electron chi connectivity index (χ0n) is 22.7. The molecule has 4 aromatic rings. The van der Waals surface area contributed by atoms with E-state index in [9.17, 15) is 15.2 Å². The lowest BCUT2D eigenvalue weighted by atomic mass is 9.73. The van der Waals surface area contributed by atoms with E-state index in [0.29, 0.717) is 36.4 Å². The van der Waals surface area contributed by atoms with Crippen molar-refractivity contribution in [2.45, 2.75) is 69.7 Å². The van der Waals surface area contributed by atoms with E-state index in [4.69, 9.17) is 10.2 Å². The number of nitrogens with two attached hydrogens (primary N) is 1. The molecule has 0 radical (unpaired) electrons. The summed E-state index contributed by atoms with van der Waals surface area (Å²) in [4.78, 5) is 22.6. The number of pyridine rings is 1. The standard InChI is InChI=1S/C29H32FN7O3/c1-17-34-15-26(40-17)21-6-4-19(11-22(21)25-7-5-20-10-18(12-31)13-35-37(20)25)36(16-27(30)29(2,3)39)24-8-9-33-14-23(24)28(32)38/h5,7-10,13-15,19,21-22,27,39H,4,6,11,16H2,1-3H3,(H2,32,38)/t19-,21-,22-,27-/m1/s1. The van der Waals surface area contributed by atoms with Crippen LogP contribution in [0.25, 0.3) is 5.52 Å². The summed E-state index contributed by atoms with van der Waals surface area (Å²) in [5.74, 6) is 0.526. The quantitative estimate of drug-likeness (QED) is 0.337. The van der Waals surface area contributed by atoms with Gasteiger partial charge in [0.15, 0.2) is 5.89 Å². The Labute approximate surface area is 231 Å². The largest absolute Gasteiger partial charge is 0.446 e. The van der Waals surface area contributed by atoms with Crippen LogP contribution >= 0.6 is 0 Å². The van der Waals surface area contributed by atoms with Crippen LogP contribution in [0.3, 0.4) is 0 Å². The molecule has 3 N–H and O–H groups in total. The summed E-state index contributed by atoms with van der Waals surface area (Å²) in [6.07, 6.45) is 6.54. The maximum Gasteiger partial charge on any atom is 0.252 e. The Morgan fingerprint density at radius 2 is 2.10 bits per heavy atom. The lowest BCUT2D eigenvalue weighted by Crippen LogP contribution is -2.48. The highest BCUT2D eigenvalue weighted by Crippen LogP contribution is 2.47. The lowest BCUT2D eigenvalue weighted by molar-refractivity contribution is -0.000543. The molecule has 1 aliphatic rings. The van der Waals surface area contributed by atoms with Crippen molar-refractivity contribution in [1.29, 1.82) is 5.26 Å². The van der Waals surface area contributed by atoms with Gasteiger partial charge in [0.2, 0.25) is 0 Å². The van der Waals surface area contributed by atoms with E-state index in [2.05, 4.69) is 21.1 Å². The topological polar surface area (TPSA) is 147 Å². The summed E-state index contributed by atoms with van der Waals surface area (Å²) in [6, 6.07) is 9.27. The lowest BCUT2D eigenvalue weighted by Gasteiger charge is -2.43. The minimum absolute atomic E-state index is 0.0293. The van der Waals surface area contributed by atoms with Crippen molar-refractivity contribution >= 4 is 17.1 Å². The summed E-state index contributed by atoms with van der Waals surface area (Å²) in [6.45, 7) is 4.51. The van der Waals surface area contributed by atoms with Crippen LogP contribution in [0.2, 0.25) is 0 Å². The molecule has 4 aromatic heterocycles. The highest BCUT2D eigenvalue weighted by Gasteiger charge is 2.40. The van der Waals surface area contributed by atoms with E-state index >= 15 is 4.39 Å². The monoisotopic (exact) mass is 545 g/mol. The van der Waals surface area contributed by atoms with Gasteiger partial charge in [-0.25, -0.2) is 13.9 Å². The van der Waals surface area contributed by atoms with E-state index < -0.39 is 17.7 Å². The number of fused-ring (bicyclic) bond motifs is 1. The molecule has 40 heavy (non-hydrogen) atoms. The van der Waals surface area contributed by atoms with Crippen molar-refractivity contribution in [3.05, 3.63) is 77.5 Å². The van der Waals surface area contributed by atoms with E-state index in [0.717, 1.165) is 17.0 Å². The number of primary amides is 1. The molecule has 0 aliphatic heterocycles. The van der Waals surface area contributed by atoms with Crippen LogP contribution in [0.5, 0.6) is 0 Å².